The molecule has 1 aliphatic rings. The Bertz CT molecular complexity index is 952. The minimum Gasteiger partial charge on any atom is -0.480 e. The van der Waals surface area contributed by atoms with Crippen LogP contribution < -0.4 is 10.6 Å². The highest BCUT2D eigenvalue weighted by Crippen LogP contribution is 2.44. The highest BCUT2D eigenvalue weighted by atomic mass is 16.5. The Morgan fingerprint density at radius 1 is 1.00 bits per heavy atom. The minimum absolute atomic E-state index is 0.0705. The quantitative estimate of drug-likeness (QED) is 0.582. The van der Waals surface area contributed by atoms with Crippen LogP contribution in [0.1, 0.15) is 37.8 Å². The van der Waals surface area contributed by atoms with Gasteiger partial charge in [-0.3, -0.25) is 4.79 Å². The second kappa shape index (κ2) is 9.82. The van der Waals surface area contributed by atoms with E-state index < -0.39 is 23.6 Å². The van der Waals surface area contributed by atoms with E-state index in [4.69, 9.17) is 9.47 Å². The van der Waals surface area contributed by atoms with Crippen LogP contribution in [0.2, 0.25) is 0 Å². The second-order valence-electron chi connectivity index (χ2n) is 8.67. The summed E-state index contributed by atoms with van der Waals surface area (Å²) in [6, 6.07) is 14.5. The number of fused-ring (bicyclic) bond motifs is 3. The Hall–Kier alpha value is -3.39. The maximum absolute atomic E-state index is 12.3. The van der Waals surface area contributed by atoms with Gasteiger partial charge in [0.1, 0.15) is 13.2 Å². The van der Waals surface area contributed by atoms with Gasteiger partial charge in [0.2, 0.25) is 5.91 Å². The molecule has 0 saturated heterocycles. The van der Waals surface area contributed by atoms with Crippen molar-refractivity contribution in [1.29, 1.82) is 0 Å². The first-order valence-corrected chi connectivity index (χ1v) is 10.4. The number of aliphatic carboxylic acids is 1. The fraction of sp³-hybridized carbons (Fsp3) is 0.375. The number of hydrogen-bond donors (Lipinski definition) is 3. The van der Waals surface area contributed by atoms with E-state index in [0.717, 1.165) is 22.3 Å². The molecule has 8 nitrogen and oxygen atoms in total. The van der Waals surface area contributed by atoms with E-state index in [9.17, 15) is 19.5 Å². The molecule has 0 aliphatic heterocycles. The van der Waals surface area contributed by atoms with E-state index in [2.05, 4.69) is 10.6 Å². The lowest BCUT2D eigenvalue weighted by Crippen LogP contribution is -2.46. The summed E-state index contributed by atoms with van der Waals surface area (Å²) in [5, 5.41) is 14.4. The number of benzene rings is 2. The molecule has 32 heavy (non-hydrogen) atoms. The van der Waals surface area contributed by atoms with Gasteiger partial charge in [0, 0.05) is 11.5 Å². The number of carboxylic acids is 1. The Morgan fingerprint density at radius 3 is 2.09 bits per heavy atom. The molecule has 3 rings (SSSR count). The summed E-state index contributed by atoms with van der Waals surface area (Å²) in [6.07, 6.45) is -0.859. The third kappa shape index (κ3) is 5.85. The Labute approximate surface area is 186 Å². The van der Waals surface area contributed by atoms with E-state index in [-0.39, 0.29) is 31.6 Å². The highest BCUT2D eigenvalue weighted by molar-refractivity contribution is 5.81. The SMILES string of the molecule is CC(C)(C)NC(=O)COCC(NC(=O)OCC1c2ccccc2-c2ccccc21)C(=O)O. The van der Waals surface area contributed by atoms with Crippen LogP contribution in [-0.4, -0.2) is 54.5 Å². The molecule has 0 saturated carbocycles. The Morgan fingerprint density at radius 2 is 1.56 bits per heavy atom. The topological polar surface area (TPSA) is 114 Å². The van der Waals surface area contributed by atoms with E-state index in [1.54, 1.807) is 0 Å². The molecular weight excluding hydrogens is 412 g/mol. The Balaban J connectivity index is 1.54. The summed E-state index contributed by atoms with van der Waals surface area (Å²) in [4.78, 5) is 35.6. The van der Waals surface area contributed by atoms with Crippen LogP contribution in [0.15, 0.2) is 48.5 Å². The van der Waals surface area contributed by atoms with Crippen LogP contribution in [-0.2, 0) is 19.1 Å². The van der Waals surface area contributed by atoms with Crippen molar-refractivity contribution in [3.05, 3.63) is 59.7 Å². The van der Waals surface area contributed by atoms with Crippen LogP contribution in [0, 0.1) is 0 Å². The van der Waals surface area contributed by atoms with Crippen molar-refractivity contribution in [2.75, 3.05) is 19.8 Å². The van der Waals surface area contributed by atoms with Crippen LogP contribution in [0.5, 0.6) is 0 Å². The summed E-state index contributed by atoms with van der Waals surface area (Å²) < 4.78 is 10.5. The molecule has 8 heteroatoms. The van der Waals surface area contributed by atoms with Crippen LogP contribution >= 0.6 is 0 Å². The van der Waals surface area contributed by atoms with Crippen LogP contribution in [0.3, 0.4) is 0 Å². The lowest BCUT2D eigenvalue weighted by atomic mass is 9.98. The Kier molecular flexibility index (Phi) is 7.15. The highest BCUT2D eigenvalue weighted by Gasteiger charge is 2.30. The summed E-state index contributed by atoms with van der Waals surface area (Å²) >= 11 is 0. The zero-order chi connectivity index (χ0) is 23.3. The largest absolute Gasteiger partial charge is 0.480 e. The van der Waals surface area contributed by atoms with Crippen molar-refractivity contribution in [2.45, 2.75) is 38.3 Å². The number of hydrogen-bond acceptors (Lipinski definition) is 5. The summed E-state index contributed by atoms with van der Waals surface area (Å²) in [5.41, 5.74) is 3.89. The van der Waals surface area contributed by atoms with Crippen molar-refractivity contribution in [3.63, 3.8) is 0 Å². The van der Waals surface area contributed by atoms with Gasteiger partial charge < -0.3 is 25.2 Å². The predicted molar refractivity (Wildman–Crippen MR) is 118 cm³/mol. The van der Waals surface area contributed by atoms with Crippen molar-refractivity contribution in [1.82, 2.24) is 10.6 Å². The fourth-order valence-electron chi connectivity index (χ4n) is 3.68. The maximum Gasteiger partial charge on any atom is 0.407 e. The molecule has 2 aromatic carbocycles. The first kappa shape index (κ1) is 23.3. The third-order valence-electron chi connectivity index (χ3n) is 4.97. The van der Waals surface area contributed by atoms with Gasteiger partial charge >= 0.3 is 12.1 Å². The predicted octanol–water partition coefficient (Wildman–Crippen LogP) is 2.91. The number of rotatable bonds is 8. The molecule has 0 aromatic heterocycles. The molecule has 0 bridgehead atoms. The molecule has 0 spiro atoms. The van der Waals surface area contributed by atoms with E-state index in [0.29, 0.717) is 0 Å². The molecule has 2 amide bonds. The molecule has 1 atom stereocenters. The van der Waals surface area contributed by atoms with Crippen LogP contribution in [0.4, 0.5) is 4.79 Å². The molecule has 3 N–H and O–H groups in total. The number of alkyl carbamates (subject to hydrolysis) is 1. The number of nitrogens with one attached hydrogen (secondary N) is 2. The first-order valence-electron chi connectivity index (χ1n) is 10.4. The van der Waals surface area contributed by atoms with Crippen molar-refractivity contribution < 1.29 is 29.0 Å². The molecule has 0 heterocycles. The average molecular weight is 440 g/mol. The first-order chi connectivity index (χ1) is 15.2. The van der Waals surface area contributed by atoms with Crippen LogP contribution in [0.25, 0.3) is 11.1 Å². The zero-order valence-corrected chi connectivity index (χ0v) is 18.4. The lowest BCUT2D eigenvalue weighted by molar-refractivity contribution is -0.142. The van der Waals surface area contributed by atoms with Crippen molar-refractivity contribution >= 4 is 18.0 Å². The van der Waals surface area contributed by atoms with Gasteiger partial charge in [0.05, 0.1) is 6.61 Å². The van der Waals surface area contributed by atoms with E-state index >= 15 is 0 Å². The molecule has 0 radical (unpaired) electrons. The monoisotopic (exact) mass is 440 g/mol. The molecule has 1 aliphatic carbocycles. The molecule has 170 valence electrons. The van der Waals surface area contributed by atoms with Gasteiger partial charge in [-0.15, -0.1) is 0 Å². The van der Waals surface area contributed by atoms with Crippen molar-refractivity contribution in [2.24, 2.45) is 0 Å². The van der Waals surface area contributed by atoms with Gasteiger partial charge in [-0.2, -0.15) is 0 Å². The summed E-state index contributed by atoms with van der Waals surface area (Å²) in [7, 11) is 0. The third-order valence-corrected chi connectivity index (χ3v) is 4.97. The molecule has 0 fully saturated rings. The maximum atomic E-state index is 12.3. The van der Waals surface area contributed by atoms with Gasteiger partial charge in [0.15, 0.2) is 6.04 Å². The molecular formula is C24H28N2O6. The minimum atomic E-state index is -1.34. The second-order valence-corrected chi connectivity index (χ2v) is 8.67. The fourth-order valence-corrected chi connectivity index (χ4v) is 3.68. The molecule has 2 aromatic rings. The molecule has 1 unspecified atom stereocenters. The van der Waals surface area contributed by atoms with E-state index in [1.165, 1.54) is 0 Å². The lowest BCUT2D eigenvalue weighted by Gasteiger charge is -2.21. The van der Waals surface area contributed by atoms with E-state index in [1.807, 2.05) is 69.3 Å². The van der Waals surface area contributed by atoms with Crippen molar-refractivity contribution in [3.8, 4) is 11.1 Å². The van der Waals surface area contributed by atoms with Gasteiger partial charge in [0.25, 0.3) is 0 Å². The van der Waals surface area contributed by atoms with Gasteiger partial charge in [-0.05, 0) is 43.0 Å². The summed E-state index contributed by atoms with van der Waals surface area (Å²) in [5.74, 6) is -1.79. The number of amides is 2. The smallest absolute Gasteiger partial charge is 0.407 e. The summed E-state index contributed by atoms with van der Waals surface area (Å²) in [6.45, 7) is 4.86. The standard InChI is InChI=1S/C24H28N2O6/c1-24(2,3)26-21(27)14-31-13-20(22(28)29)25-23(30)32-12-19-17-10-6-4-8-15(17)16-9-5-7-11-18(16)19/h4-11,19-20H,12-14H2,1-3H3,(H,25,30)(H,26,27)(H,28,29). The number of ether oxygens (including phenoxy) is 2. The van der Waals surface area contributed by atoms with Gasteiger partial charge in [-0.25, -0.2) is 9.59 Å². The number of carbonyl (C=O) groups excluding carboxylic acids is 2. The number of carbonyl (C=O) groups is 3. The normalized spacial score (nSPS) is 13.6. The average Bonchev–Trinajstić information content (AvgIpc) is 3.04. The zero-order valence-electron chi connectivity index (χ0n) is 18.4. The van der Waals surface area contributed by atoms with Gasteiger partial charge in [-0.1, -0.05) is 48.5 Å². The number of carboxylic acid groups (broad SMARTS) is 1.